The SMILES string of the molecule is CNc1cc(F)cc2c1C(=N)C(N)C2C(=N)Cc1cccc(CN)c1F. The van der Waals surface area contributed by atoms with Gasteiger partial charge in [0.05, 0.1) is 11.8 Å². The number of hydrogen-bond donors (Lipinski definition) is 5. The Balaban J connectivity index is 2.00. The number of benzene rings is 2. The molecule has 1 aliphatic rings. The number of halogens is 2. The smallest absolute Gasteiger partial charge is 0.131 e. The molecule has 2 atom stereocenters. The van der Waals surface area contributed by atoms with Gasteiger partial charge in [-0.05, 0) is 23.3 Å². The van der Waals surface area contributed by atoms with E-state index in [2.05, 4.69) is 5.32 Å². The van der Waals surface area contributed by atoms with Crippen molar-refractivity contribution in [2.75, 3.05) is 12.4 Å². The molecule has 0 aromatic heterocycles. The van der Waals surface area contributed by atoms with E-state index in [9.17, 15) is 8.78 Å². The third kappa shape index (κ3) is 2.89. The standard InChI is InChI=1S/C19H21F2N5/c1-26-14-7-11(20)6-12-15(18(24)19(25)16(12)14)13(23)5-9-3-2-4-10(8-22)17(9)21/h2-4,6-7,15,18,23,25-26H,5,8,22,24H2,1H3. The van der Waals surface area contributed by atoms with Gasteiger partial charge in [-0.25, -0.2) is 8.78 Å². The predicted molar refractivity (Wildman–Crippen MR) is 99.2 cm³/mol. The summed E-state index contributed by atoms with van der Waals surface area (Å²) in [5.74, 6) is -1.57. The van der Waals surface area contributed by atoms with Crippen molar-refractivity contribution in [1.29, 1.82) is 10.8 Å². The van der Waals surface area contributed by atoms with Crippen LogP contribution >= 0.6 is 0 Å². The van der Waals surface area contributed by atoms with Gasteiger partial charge in [0.1, 0.15) is 11.6 Å². The highest BCUT2D eigenvalue weighted by atomic mass is 19.1. The number of hydrogen-bond acceptors (Lipinski definition) is 5. The second kappa shape index (κ2) is 6.93. The fraction of sp³-hybridized carbons (Fsp3) is 0.263. The van der Waals surface area contributed by atoms with Gasteiger partial charge in [-0.3, -0.25) is 0 Å². The lowest BCUT2D eigenvalue weighted by Crippen LogP contribution is -2.35. The van der Waals surface area contributed by atoms with Crippen molar-refractivity contribution in [3.05, 3.63) is 64.2 Å². The van der Waals surface area contributed by atoms with Crippen LogP contribution in [0, 0.1) is 22.5 Å². The summed E-state index contributed by atoms with van der Waals surface area (Å²) in [6.45, 7) is 0.0696. The normalized spacial score (nSPS) is 18.7. The van der Waals surface area contributed by atoms with Gasteiger partial charge in [0, 0.05) is 48.5 Å². The molecule has 7 N–H and O–H groups in total. The lowest BCUT2D eigenvalue weighted by molar-refractivity contribution is 0.598. The van der Waals surface area contributed by atoms with Crippen LogP contribution in [0.15, 0.2) is 30.3 Å². The number of anilines is 1. The molecule has 0 saturated heterocycles. The molecule has 0 bridgehead atoms. The van der Waals surface area contributed by atoms with E-state index < -0.39 is 23.6 Å². The van der Waals surface area contributed by atoms with Crippen LogP contribution in [0.4, 0.5) is 14.5 Å². The predicted octanol–water partition coefficient (Wildman–Crippen LogP) is 2.52. The monoisotopic (exact) mass is 357 g/mol. The Morgan fingerprint density at radius 3 is 2.58 bits per heavy atom. The lowest BCUT2D eigenvalue weighted by Gasteiger charge is -2.19. The molecule has 0 radical (unpaired) electrons. The van der Waals surface area contributed by atoms with Crippen molar-refractivity contribution in [2.45, 2.75) is 24.9 Å². The highest BCUT2D eigenvalue weighted by Crippen LogP contribution is 2.38. The summed E-state index contributed by atoms with van der Waals surface area (Å²) in [4.78, 5) is 0. The van der Waals surface area contributed by atoms with Gasteiger partial charge in [-0.1, -0.05) is 18.2 Å². The molecule has 0 fully saturated rings. The van der Waals surface area contributed by atoms with Crippen molar-refractivity contribution in [3.63, 3.8) is 0 Å². The zero-order valence-electron chi connectivity index (χ0n) is 14.4. The number of rotatable bonds is 5. The minimum atomic E-state index is -0.771. The first kappa shape index (κ1) is 18.2. The van der Waals surface area contributed by atoms with Crippen LogP contribution in [0.25, 0.3) is 0 Å². The Labute approximate surface area is 150 Å². The van der Waals surface area contributed by atoms with E-state index in [1.165, 1.54) is 12.1 Å². The first-order chi connectivity index (χ1) is 12.4. The quantitative estimate of drug-likeness (QED) is 0.530. The summed E-state index contributed by atoms with van der Waals surface area (Å²) in [5.41, 5.74) is 14.2. The minimum Gasteiger partial charge on any atom is -0.387 e. The average molecular weight is 357 g/mol. The summed E-state index contributed by atoms with van der Waals surface area (Å²) in [7, 11) is 1.64. The molecule has 0 heterocycles. The van der Waals surface area contributed by atoms with Crippen molar-refractivity contribution >= 4 is 17.1 Å². The summed E-state index contributed by atoms with van der Waals surface area (Å²) in [6, 6.07) is 6.73. The van der Waals surface area contributed by atoms with Gasteiger partial charge in [0.15, 0.2) is 0 Å². The molecule has 0 saturated carbocycles. The molecule has 0 aliphatic heterocycles. The molecule has 2 aromatic rings. The van der Waals surface area contributed by atoms with E-state index in [1.54, 1.807) is 25.2 Å². The molecule has 7 heteroatoms. The Morgan fingerprint density at radius 1 is 1.23 bits per heavy atom. The lowest BCUT2D eigenvalue weighted by atomic mass is 9.89. The van der Waals surface area contributed by atoms with Crippen LogP contribution in [0.1, 0.15) is 28.2 Å². The summed E-state index contributed by atoms with van der Waals surface area (Å²) in [6.07, 6.45) is 0.0240. The molecule has 2 unspecified atom stereocenters. The Morgan fingerprint density at radius 2 is 1.92 bits per heavy atom. The molecule has 136 valence electrons. The van der Waals surface area contributed by atoms with Crippen LogP contribution < -0.4 is 16.8 Å². The van der Waals surface area contributed by atoms with Crippen LogP contribution in [-0.4, -0.2) is 24.5 Å². The highest BCUT2D eigenvalue weighted by molar-refractivity contribution is 6.16. The van der Waals surface area contributed by atoms with Gasteiger partial charge in [-0.15, -0.1) is 0 Å². The molecule has 2 aromatic carbocycles. The van der Waals surface area contributed by atoms with Crippen molar-refractivity contribution in [3.8, 4) is 0 Å². The van der Waals surface area contributed by atoms with Gasteiger partial charge in [0.25, 0.3) is 0 Å². The van der Waals surface area contributed by atoms with Crippen LogP contribution in [0.5, 0.6) is 0 Å². The van der Waals surface area contributed by atoms with Crippen LogP contribution in [0.2, 0.25) is 0 Å². The topological polar surface area (TPSA) is 112 Å². The van der Waals surface area contributed by atoms with Crippen molar-refractivity contribution in [1.82, 2.24) is 0 Å². The van der Waals surface area contributed by atoms with E-state index in [1.807, 2.05) is 0 Å². The minimum absolute atomic E-state index is 0.0240. The second-order valence-electron chi connectivity index (χ2n) is 6.38. The molecular weight excluding hydrogens is 336 g/mol. The molecule has 0 spiro atoms. The van der Waals surface area contributed by atoms with Crippen molar-refractivity contribution in [2.24, 2.45) is 11.5 Å². The van der Waals surface area contributed by atoms with E-state index in [0.717, 1.165) is 0 Å². The maximum atomic E-state index is 14.5. The number of fused-ring (bicyclic) bond motifs is 1. The Hall–Kier alpha value is -2.64. The molecule has 1 aliphatic carbocycles. The fourth-order valence-electron chi connectivity index (χ4n) is 3.54. The maximum absolute atomic E-state index is 14.5. The van der Waals surface area contributed by atoms with Crippen molar-refractivity contribution < 1.29 is 8.78 Å². The third-order valence-electron chi connectivity index (χ3n) is 4.83. The van der Waals surface area contributed by atoms with Crippen LogP contribution in [-0.2, 0) is 13.0 Å². The Kier molecular flexibility index (Phi) is 4.84. The largest absolute Gasteiger partial charge is 0.387 e. The van der Waals surface area contributed by atoms with E-state index in [4.69, 9.17) is 22.3 Å². The maximum Gasteiger partial charge on any atom is 0.131 e. The molecule has 0 amide bonds. The summed E-state index contributed by atoms with van der Waals surface area (Å²) < 4.78 is 28.4. The molecular formula is C19H21F2N5. The third-order valence-corrected chi connectivity index (χ3v) is 4.83. The number of nitrogens with two attached hydrogens (primary N) is 2. The zero-order valence-corrected chi connectivity index (χ0v) is 14.4. The first-order valence-electron chi connectivity index (χ1n) is 8.28. The fourth-order valence-corrected chi connectivity index (χ4v) is 3.54. The molecule has 26 heavy (non-hydrogen) atoms. The van der Waals surface area contributed by atoms with E-state index >= 15 is 0 Å². The van der Waals surface area contributed by atoms with Crippen LogP contribution in [0.3, 0.4) is 0 Å². The van der Waals surface area contributed by atoms with Gasteiger partial charge in [-0.2, -0.15) is 0 Å². The Bertz CT molecular complexity index is 894. The van der Waals surface area contributed by atoms with E-state index in [0.29, 0.717) is 27.9 Å². The van der Waals surface area contributed by atoms with E-state index in [-0.39, 0.29) is 24.4 Å². The highest BCUT2D eigenvalue weighted by Gasteiger charge is 2.39. The van der Waals surface area contributed by atoms with Gasteiger partial charge in [0.2, 0.25) is 0 Å². The van der Waals surface area contributed by atoms with Gasteiger partial charge < -0.3 is 27.6 Å². The zero-order chi connectivity index (χ0) is 19.0. The van der Waals surface area contributed by atoms with Gasteiger partial charge >= 0.3 is 0 Å². The first-order valence-corrected chi connectivity index (χ1v) is 8.28. The molecule has 5 nitrogen and oxygen atoms in total. The second-order valence-corrected chi connectivity index (χ2v) is 6.38. The molecule has 3 rings (SSSR count). The summed E-state index contributed by atoms with van der Waals surface area (Å²) >= 11 is 0. The average Bonchev–Trinajstić information content (AvgIpc) is 2.86. The summed E-state index contributed by atoms with van der Waals surface area (Å²) in [5, 5.41) is 19.6. The number of nitrogens with one attached hydrogen (secondary N) is 3.